The highest BCUT2D eigenvalue weighted by molar-refractivity contribution is 5.88. The highest BCUT2D eigenvalue weighted by atomic mass is 16.5. The summed E-state index contributed by atoms with van der Waals surface area (Å²) in [4.78, 5) is 11.2. The molecule has 0 aliphatic carbocycles. The molecule has 0 radical (unpaired) electrons. The molecule has 0 bridgehead atoms. The van der Waals surface area contributed by atoms with Crippen LogP contribution in [0.15, 0.2) is 30.5 Å². The van der Waals surface area contributed by atoms with E-state index in [2.05, 4.69) is 22.1 Å². The molecule has 0 aliphatic rings. The summed E-state index contributed by atoms with van der Waals surface area (Å²) in [7, 11) is 0. The molecule has 16 heavy (non-hydrogen) atoms. The van der Waals surface area contributed by atoms with Crippen molar-refractivity contribution in [1.82, 2.24) is 15.5 Å². The van der Waals surface area contributed by atoms with E-state index in [1.54, 1.807) is 13.1 Å². The maximum atomic E-state index is 11.2. The van der Waals surface area contributed by atoms with Crippen LogP contribution in [0.3, 0.4) is 0 Å². The Morgan fingerprint density at radius 3 is 3.06 bits per heavy atom. The van der Waals surface area contributed by atoms with Gasteiger partial charge >= 0.3 is 5.97 Å². The summed E-state index contributed by atoms with van der Waals surface area (Å²) in [5.41, 5.74) is 1.23. The number of hydrogen-bond acceptors (Lipinski definition) is 5. The predicted octanol–water partition coefficient (Wildman–Crippen LogP) is 0.685. The molecule has 86 valence electrons. The largest absolute Gasteiger partial charge is 0.463 e. The van der Waals surface area contributed by atoms with Crippen LogP contribution in [0.5, 0.6) is 0 Å². The van der Waals surface area contributed by atoms with Crippen LogP contribution in [-0.2, 0) is 16.1 Å². The van der Waals surface area contributed by atoms with Gasteiger partial charge in [0.15, 0.2) is 0 Å². The van der Waals surface area contributed by atoms with Crippen molar-refractivity contribution < 1.29 is 9.53 Å². The summed E-state index contributed by atoms with van der Waals surface area (Å²) < 4.78 is 4.80. The number of esters is 1. The molecule has 0 atom stereocenters. The maximum Gasteiger partial charge on any atom is 0.334 e. The second-order valence-electron chi connectivity index (χ2n) is 3.14. The predicted molar refractivity (Wildman–Crippen MR) is 59.5 cm³/mol. The molecule has 5 heteroatoms. The van der Waals surface area contributed by atoms with Gasteiger partial charge in [-0.05, 0) is 19.1 Å². The third kappa shape index (κ3) is 4.18. The molecule has 0 aliphatic heterocycles. The van der Waals surface area contributed by atoms with E-state index in [-0.39, 0.29) is 5.97 Å². The molecule has 1 N–H and O–H groups in total. The van der Waals surface area contributed by atoms with Crippen LogP contribution in [0.4, 0.5) is 0 Å². The van der Waals surface area contributed by atoms with Gasteiger partial charge in [-0.2, -0.15) is 10.2 Å². The van der Waals surface area contributed by atoms with Crippen LogP contribution < -0.4 is 5.32 Å². The first-order valence-electron chi connectivity index (χ1n) is 5.06. The van der Waals surface area contributed by atoms with Crippen molar-refractivity contribution in [3.05, 3.63) is 36.2 Å². The summed E-state index contributed by atoms with van der Waals surface area (Å²) in [6, 6.07) is 3.66. The van der Waals surface area contributed by atoms with Crippen LogP contribution in [-0.4, -0.2) is 29.3 Å². The van der Waals surface area contributed by atoms with E-state index in [0.717, 1.165) is 5.69 Å². The Labute approximate surface area is 94.5 Å². The van der Waals surface area contributed by atoms with Crippen LogP contribution in [0.1, 0.15) is 12.6 Å². The number of carbonyl (C=O) groups is 1. The number of carbonyl (C=O) groups excluding carboxylic acids is 1. The Kier molecular flexibility index (Phi) is 5.15. The van der Waals surface area contributed by atoms with Crippen molar-refractivity contribution in [3.8, 4) is 0 Å². The fourth-order valence-electron chi connectivity index (χ4n) is 1.07. The Morgan fingerprint density at radius 1 is 1.62 bits per heavy atom. The Bertz CT molecular complexity index is 352. The molecule has 5 nitrogen and oxygen atoms in total. The molecule has 0 aromatic carbocycles. The lowest BCUT2D eigenvalue weighted by Gasteiger charge is -2.06. The standard InChI is InChI=1S/C11H15N3O2/c1-3-16-11(15)9(2)7-12-8-10-5-4-6-13-14-10/h4-6,12H,2-3,7-8H2,1H3. The molecule has 1 rings (SSSR count). The Hall–Kier alpha value is -1.75. The lowest BCUT2D eigenvalue weighted by atomic mass is 10.3. The number of rotatable bonds is 6. The highest BCUT2D eigenvalue weighted by Crippen LogP contribution is 1.94. The SMILES string of the molecule is C=C(CNCc1cccnn1)C(=O)OCC. The fraction of sp³-hybridized carbons (Fsp3) is 0.364. The molecule has 0 amide bonds. The van der Waals surface area contributed by atoms with Gasteiger partial charge in [0.25, 0.3) is 0 Å². The van der Waals surface area contributed by atoms with Gasteiger partial charge in [0.1, 0.15) is 0 Å². The van der Waals surface area contributed by atoms with E-state index >= 15 is 0 Å². The second kappa shape index (κ2) is 6.68. The molecule has 0 spiro atoms. The zero-order valence-electron chi connectivity index (χ0n) is 9.27. The van der Waals surface area contributed by atoms with Crippen LogP contribution in [0.25, 0.3) is 0 Å². The first-order chi connectivity index (χ1) is 7.74. The first kappa shape index (κ1) is 12.3. The molecule has 1 aromatic heterocycles. The molecular weight excluding hydrogens is 206 g/mol. The molecule has 0 saturated heterocycles. The van der Waals surface area contributed by atoms with Crippen LogP contribution >= 0.6 is 0 Å². The van der Waals surface area contributed by atoms with E-state index in [1.807, 2.05) is 12.1 Å². The Balaban J connectivity index is 2.26. The molecule has 1 aromatic rings. The smallest absolute Gasteiger partial charge is 0.334 e. The van der Waals surface area contributed by atoms with Crippen molar-refractivity contribution in [1.29, 1.82) is 0 Å². The highest BCUT2D eigenvalue weighted by Gasteiger charge is 2.06. The Morgan fingerprint density at radius 2 is 2.44 bits per heavy atom. The van der Waals surface area contributed by atoms with Crippen molar-refractivity contribution in [3.63, 3.8) is 0 Å². The zero-order chi connectivity index (χ0) is 11.8. The quantitative estimate of drug-likeness (QED) is 0.565. The minimum absolute atomic E-state index is 0.363. The summed E-state index contributed by atoms with van der Waals surface area (Å²) in [6.45, 7) is 6.69. The number of ether oxygens (including phenoxy) is 1. The average molecular weight is 221 g/mol. The molecule has 0 unspecified atom stereocenters. The zero-order valence-corrected chi connectivity index (χ0v) is 9.27. The van der Waals surface area contributed by atoms with Crippen LogP contribution in [0.2, 0.25) is 0 Å². The fourth-order valence-corrected chi connectivity index (χ4v) is 1.07. The minimum Gasteiger partial charge on any atom is -0.463 e. The van der Waals surface area contributed by atoms with E-state index in [4.69, 9.17) is 4.74 Å². The minimum atomic E-state index is -0.367. The summed E-state index contributed by atoms with van der Waals surface area (Å²) in [5.74, 6) is -0.367. The van der Waals surface area contributed by atoms with E-state index in [9.17, 15) is 4.79 Å². The lowest BCUT2D eigenvalue weighted by molar-refractivity contribution is -0.138. The van der Waals surface area contributed by atoms with Gasteiger partial charge in [0.2, 0.25) is 0 Å². The van der Waals surface area contributed by atoms with Gasteiger partial charge < -0.3 is 10.1 Å². The van der Waals surface area contributed by atoms with Crippen LogP contribution in [0, 0.1) is 0 Å². The number of nitrogens with one attached hydrogen (secondary N) is 1. The normalized spacial score (nSPS) is 9.81. The van der Waals surface area contributed by atoms with Crippen molar-refractivity contribution in [2.24, 2.45) is 0 Å². The van der Waals surface area contributed by atoms with Crippen molar-refractivity contribution >= 4 is 5.97 Å². The number of hydrogen-bond donors (Lipinski definition) is 1. The van der Waals surface area contributed by atoms with Gasteiger partial charge in [0, 0.05) is 24.9 Å². The third-order valence-electron chi connectivity index (χ3n) is 1.84. The molecule has 0 saturated carbocycles. The summed E-state index contributed by atoms with van der Waals surface area (Å²) >= 11 is 0. The van der Waals surface area contributed by atoms with Gasteiger partial charge in [-0.3, -0.25) is 0 Å². The van der Waals surface area contributed by atoms with Gasteiger partial charge in [-0.15, -0.1) is 0 Å². The maximum absolute atomic E-state index is 11.2. The molecular formula is C11H15N3O2. The van der Waals surface area contributed by atoms with Crippen molar-refractivity contribution in [2.45, 2.75) is 13.5 Å². The van der Waals surface area contributed by atoms with Gasteiger partial charge in [-0.1, -0.05) is 6.58 Å². The van der Waals surface area contributed by atoms with Gasteiger partial charge in [-0.25, -0.2) is 4.79 Å². The van der Waals surface area contributed by atoms with E-state index in [0.29, 0.717) is 25.3 Å². The number of aromatic nitrogens is 2. The van der Waals surface area contributed by atoms with Gasteiger partial charge in [0.05, 0.1) is 12.3 Å². The second-order valence-corrected chi connectivity index (χ2v) is 3.14. The summed E-state index contributed by atoms with van der Waals surface area (Å²) in [6.07, 6.45) is 1.61. The topological polar surface area (TPSA) is 64.1 Å². The number of nitrogens with zero attached hydrogens (tertiary/aromatic N) is 2. The first-order valence-corrected chi connectivity index (χ1v) is 5.06. The third-order valence-corrected chi connectivity index (χ3v) is 1.84. The summed E-state index contributed by atoms with van der Waals surface area (Å²) in [5, 5.41) is 10.7. The van der Waals surface area contributed by atoms with Crippen molar-refractivity contribution in [2.75, 3.05) is 13.2 Å². The molecule has 0 fully saturated rings. The lowest BCUT2D eigenvalue weighted by Crippen LogP contribution is -2.22. The monoisotopic (exact) mass is 221 g/mol. The molecule has 1 heterocycles. The average Bonchev–Trinajstić information content (AvgIpc) is 2.30. The van der Waals surface area contributed by atoms with E-state index in [1.165, 1.54) is 0 Å². The van der Waals surface area contributed by atoms with E-state index < -0.39 is 0 Å².